The van der Waals surface area contributed by atoms with Crippen molar-refractivity contribution in [2.45, 2.75) is 27.3 Å². The second-order valence-electron chi connectivity index (χ2n) is 4.42. The SMILES string of the molecule is CCOc1c(N)nsc1N(CC)Cc1cccc(C)n1. The average Bonchev–Trinajstić information content (AvgIpc) is 2.78. The van der Waals surface area contributed by atoms with Gasteiger partial charge in [-0.1, -0.05) is 6.07 Å². The van der Waals surface area contributed by atoms with Gasteiger partial charge in [0.1, 0.15) is 0 Å². The average molecular weight is 292 g/mol. The van der Waals surface area contributed by atoms with Crippen molar-refractivity contribution < 1.29 is 4.74 Å². The van der Waals surface area contributed by atoms with Crippen molar-refractivity contribution in [1.29, 1.82) is 0 Å². The van der Waals surface area contributed by atoms with Crippen LogP contribution >= 0.6 is 11.5 Å². The Morgan fingerprint density at radius 1 is 1.35 bits per heavy atom. The van der Waals surface area contributed by atoms with E-state index in [2.05, 4.69) is 21.2 Å². The molecule has 0 spiro atoms. The van der Waals surface area contributed by atoms with E-state index in [1.165, 1.54) is 11.5 Å². The van der Waals surface area contributed by atoms with Gasteiger partial charge in [-0.25, -0.2) is 0 Å². The van der Waals surface area contributed by atoms with Crippen LogP contribution in [0.15, 0.2) is 18.2 Å². The van der Waals surface area contributed by atoms with Crippen LogP contribution in [0.4, 0.5) is 10.8 Å². The first-order chi connectivity index (χ1) is 9.65. The molecule has 0 radical (unpaired) electrons. The fraction of sp³-hybridized carbons (Fsp3) is 0.429. The van der Waals surface area contributed by atoms with E-state index >= 15 is 0 Å². The number of hydrogen-bond acceptors (Lipinski definition) is 6. The fourth-order valence-electron chi connectivity index (χ4n) is 1.98. The number of aromatic nitrogens is 2. The van der Waals surface area contributed by atoms with Crippen molar-refractivity contribution >= 4 is 22.4 Å². The summed E-state index contributed by atoms with van der Waals surface area (Å²) in [5.74, 6) is 1.15. The smallest absolute Gasteiger partial charge is 0.197 e. The molecular formula is C14H20N4OS. The minimum atomic E-state index is 0.461. The maximum absolute atomic E-state index is 5.87. The molecule has 0 bridgehead atoms. The highest BCUT2D eigenvalue weighted by Gasteiger charge is 2.18. The topological polar surface area (TPSA) is 64.3 Å². The van der Waals surface area contributed by atoms with Crippen LogP contribution in [0.3, 0.4) is 0 Å². The highest BCUT2D eigenvalue weighted by Crippen LogP contribution is 2.38. The minimum Gasteiger partial charge on any atom is -0.487 e. The van der Waals surface area contributed by atoms with Gasteiger partial charge in [0.05, 0.1) is 18.8 Å². The highest BCUT2D eigenvalue weighted by atomic mass is 32.1. The van der Waals surface area contributed by atoms with Crippen molar-refractivity contribution in [3.8, 4) is 5.75 Å². The number of pyridine rings is 1. The summed E-state index contributed by atoms with van der Waals surface area (Å²) in [6.07, 6.45) is 0. The predicted octanol–water partition coefficient (Wildman–Crippen LogP) is 2.85. The summed E-state index contributed by atoms with van der Waals surface area (Å²) < 4.78 is 9.81. The Bertz CT molecular complexity index is 570. The number of aryl methyl sites for hydroxylation is 1. The predicted molar refractivity (Wildman–Crippen MR) is 83.4 cm³/mol. The van der Waals surface area contributed by atoms with Gasteiger partial charge in [0.25, 0.3) is 0 Å². The Kier molecular flexibility index (Phi) is 4.79. The quantitative estimate of drug-likeness (QED) is 0.887. The molecule has 6 heteroatoms. The zero-order chi connectivity index (χ0) is 14.5. The third kappa shape index (κ3) is 3.19. The van der Waals surface area contributed by atoms with Crippen molar-refractivity contribution in [1.82, 2.24) is 9.36 Å². The minimum absolute atomic E-state index is 0.461. The monoisotopic (exact) mass is 292 g/mol. The number of hydrogen-bond donors (Lipinski definition) is 1. The molecular weight excluding hydrogens is 272 g/mol. The van der Waals surface area contributed by atoms with E-state index in [0.717, 1.165) is 29.5 Å². The zero-order valence-electron chi connectivity index (χ0n) is 12.1. The maximum atomic E-state index is 5.87. The van der Waals surface area contributed by atoms with Crippen molar-refractivity contribution in [3.63, 3.8) is 0 Å². The molecule has 20 heavy (non-hydrogen) atoms. The van der Waals surface area contributed by atoms with Crippen LogP contribution in [-0.2, 0) is 6.54 Å². The number of ether oxygens (including phenoxy) is 1. The highest BCUT2D eigenvalue weighted by molar-refractivity contribution is 7.11. The summed E-state index contributed by atoms with van der Waals surface area (Å²) in [4.78, 5) is 6.72. The van der Waals surface area contributed by atoms with Gasteiger partial charge >= 0.3 is 0 Å². The molecule has 2 heterocycles. The fourth-order valence-corrected chi connectivity index (χ4v) is 2.80. The largest absolute Gasteiger partial charge is 0.487 e. The van der Waals surface area contributed by atoms with E-state index in [1.807, 2.05) is 32.0 Å². The van der Waals surface area contributed by atoms with Crippen LogP contribution < -0.4 is 15.4 Å². The Hall–Kier alpha value is -1.82. The van der Waals surface area contributed by atoms with Gasteiger partial charge in [0.2, 0.25) is 0 Å². The molecule has 0 amide bonds. The normalized spacial score (nSPS) is 10.6. The van der Waals surface area contributed by atoms with Gasteiger partial charge in [-0.3, -0.25) is 4.98 Å². The van der Waals surface area contributed by atoms with Crippen LogP contribution in [0.2, 0.25) is 0 Å². The van der Waals surface area contributed by atoms with E-state index in [4.69, 9.17) is 10.5 Å². The molecule has 2 aromatic heterocycles. The molecule has 2 aromatic rings. The second kappa shape index (κ2) is 6.56. The summed E-state index contributed by atoms with van der Waals surface area (Å²) >= 11 is 1.37. The molecule has 0 unspecified atom stereocenters. The van der Waals surface area contributed by atoms with Gasteiger partial charge in [0, 0.05) is 12.2 Å². The third-order valence-electron chi connectivity index (χ3n) is 2.91. The molecule has 2 rings (SSSR count). The molecule has 2 N–H and O–H groups in total. The zero-order valence-corrected chi connectivity index (χ0v) is 12.9. The van der Waals surface area contributed by atoms with E-state index in [0.29, 0.717) is 18.2 Å². The van der Waals surface area contributed by atoms with Gasteiger partial charge < -0.3 is 15.4 Å². The van der Waals surface area contributed by atoms with E-state index in [-0.39, 0.29) is 0 Å². The standard InChI is InChI=1S/C14H20N4OS/c1-4-18(9-11-8-6-7-10(3)16-11)14-12(19-5-2)13(15)17-20-14/h6-8H,4-5,9H2,1-3H3,(H2,15,17). The Morgan fingerprint density at radius 3 is 2.80 bits per heavy atom. The lowest BCUT2D eigenvalue weighted by atomic mass is 10.3. The first-order valence-electron chi connectivity index (χ1n) is 6.71. The van der Waals surface area contributed by atoms with Crippen molar-refractivity contribution in [2.75, 3.05) is 23.8 Å². The molecule has 0 aromatic carbocycles. The summed E-state index contributed by atoms with van der Waals surface area (Å²) in [5.41, 5.74) is 7.92. The van der Waals surface area contributed by atoms with E-state index in [9.17, 15) is 0 Å². The number of rotatable bonds is 6. The van der Waals surface area contributed by atoms with Crippen molar-refractivity contribution in [3.05, 3.63) is 29.6 Å². The lowest BCUT2D eigenvalue weighted by Gasteiger charge is -2.21. The van der Waals surface area contributed by atoms with E-state index in [1.54, 1.807) is 0 Å². The third-order valence-corrected chi connectivity index (χ3v) is 3.82. The maximum Gasteiger partial charge on any atom is 0.197 e. The second-order valence-corrected chi connectivity index (χ2v) is 5.17. The first-order valence-corrected chi connectivity index (χ1v) is 7.48. The lowest BCUT2D eigenvalue weighted by molar-refractivity contribution is 0.343. The molecule has 0 fully saturated rings. The van der Waals surface area contributed by atoms with Gasteiger partial charge in [0.15, 0.2) is 16.6 Å². The number of anilines is 2. The molecule has 0 aliphatic carbocycles. The van der Waals surface area contributed by atoms with Crippen LogP contribution in [0.1, 0.15) is 25.2 Å². The van der Waals surface area contributed by atoms with Gasteiger partial charge in [-0.05, 0) is 44.4 Å². The summed E-state index contributed by atoms with van der Waals surface area (Å²) in [6, 6.07) is 6.05. The number of nitrogens with zero attached hydrogens (tertiary/aromatic N) is 3. The molecule has 0 saturated carbocycles. The molecule has 5 nitrogen and oxygen atoms in total. The van der Waals surface area contributed by atoms with Crippen LogP contribution in [0.5, 0.6) is 5.75 Å². The molecule has 0 atom stereocenters. The number of nitrogen functional groups attached to an aromatic ring is 1. The van der Waals surface area contributed by atoms with Crippen molar-refractivity contribution in [2.24, 2.45) is 0 Å². The Labute approximate surface area is 123 Å². The first kappa shape index (κ1) is 14.6. The summed E-state index contributed by atoms with van der Waals surface area (Å²) in [5, 5.41) is 0.968. The molecule has 108 valence electrons. The molecule has 0 aliphatic heterocycles. The van der Waals surface area contributed by atoms with Crippen LogP contribution in [-0.4, -0.2) is 22.5 Å². The Morgan fingerprint density at radius 2 is 2.15 bits per heavy atom. The Balaban J connectivity index is 2.24. The molecule has 0 aliphatic rings. The van der Waals surface area contributed by atoms with Crippen LogP contribution in [0, 0.1) is 6.92 Å². The number of nitrogens with two attached hydrogens (primary N) is 1. The van der Waals surface area contributed by atoms with Gasteiger partial charge in [-0.15, -0.1) is 0 Å². The summed E-state index contributed by atoms with van der Waals surface area (Å²) in [6.45, 7) is 8.18. The summed E-state index contributed by atoms with van der Waals surface area (Å²) in [7, 11) is 0. The van der Waals surface area contributed by atoms with Gasteiger partial charge in [-0.2, -0.15) is 4.37 Å². The van der Waals surface area contributed by atoms with Crippen LogP contribution in [0.25, 0.3) is 0 Å². The van der Waals surface area contributed by atoms with E-state index < -0.39 is 0 Å². The lowest BCUT2D eigenvalue weighted by Crippen LogP contribution is -2.22. The molecule has 0 saturated heterocycles.